The number of amides is 1. The zero-order valence-electron chi connectivity index (χ0n) is 8.50. The van der Waals surface area contributed by atoms with Gasteiger partial charge < -0.3 is 5.32 Å². The van der Waals surface area contributed by atoms with Gasteiger partial charge in [-0.3, -0.25) is 4.79 Å². The van der Waals surface area contributed by atoms with E-state index in [-0.39, 0.29) is 5.91 Å². The van der Waals surface area contributed by atoms with E-state index in [4.69, 9.17) is 0 Å². The number of rotatable bonds is 3. The summed E-state index contributed by atoms with van der Waals surface area (Å²) in [5.41, 5.74) is 0.877. The second-order valence-corrected chi connectivity index (χ2v) is 4.97. The lowest BCUT2D eigenvalue weighted by Gasteiger charge is -2.24. The van der Waals surface area contributed by atoms with Gasteiger partial charge in [0, 0.05) is 16.6 Å². The summed E-state index contributed by atoms with van der Waals surface area (Å²) in [6, 6.07) is 7.67. The molecule has 1 amide bonds. The first-order chi connectivity index (χ1) is 7.24. The maximum absolute atomic E-state index is 11.6. The fraction of sp³-hybridized carbons (Fsp3) is 0.417. The normalized spacial score (nSPS) is 15.8. The zero-order valence-corrected chi connectivity index (χ0v) is 10.1. The minimum atomic E-state index is 0.141. The molecule has 0 bridgehead atoms. The summed E-state index contributed by atoms with van der Waals surface area (Å²) in [6.45, 7) is 0. The molecule has 1 aliphatic rings. The lowest BCUT2D eigenvalue weighted by Crippen LogP contribution is -2.20. The van der Waals surface area contributed by atoms with Gasteiger partial charge in [0.15, 0.2) is 0 Å². The third kappa shape index (κ3) is 3.06. The summed E-state index contributed by atoms with van der Waals surface area (Å²) in [6.07, 6.45) is 4.40. The second kappa shape index (κ2) is 4.79. The first-order valence-corrected chi connectivity index (χ1v) is 6.09. The van der Waals surface area contributed by atoms with E-state index in [0.29, 0.717) is 12.3 Å². The van der Waals surface area contributed by atoms with E-state index in [9.17, 15) is 4.79 Å². The van der Waals surface area contributed by atoms with Crippen LogP contribution in [0.5, 0.6) is 0 Å². The van der Waals surface area contributed by atoms with Gasteiger partial charge in [-0.25, -0.2) is 0 Å². The maximum atomic E-state index is 11.6. The van der Waals surface area contributed by atoms with Crippen molar-refractivity contribution < 1.29 is 4.79 Å². The quantitative estimate of drug-likeness (QED) is 0.891. The smallest absolute Gasteiger partial charge is 0.224 e. The molecule has 1 aromatic rings. The van der Waals surface area contributed by atoms with Gasteiger partial charge >= 0.3 is 0 Å². The fourth-order valence-electron chi connectivity index (χ4n) is 1.70. The number of nitrogens with one attached hydrogen (secondary N) is 1. The molecule has 0 spiro atoms. The summed E-state index contributed by atoms with van der Waals surface area (Å²) in [7, 11) is 0. The van der Waals surface area contributed by atoms with E-state index < -0.39 is 0 Å². The Labute approximate surface area is 98.2 Å². The van der Waals surface area contributed by atoms with Crippen LogP contribution in [0.15, 0.2) is 28.7 Å². The van der Waals surface area contributed by atoms with Crippen molar-refractivity contribution in [3.05, 3.63) is 28.7 Å². The molecule has 15 heavy (non-hydrogen) atoms. The molecular weight excluding hydrogens is 254 g/mol. The zero-order chi connectivity index (χ0) is 10.7. The number of anilines is 1. The van der Waals surface area contributed by atoms with Crippen LogP contribution in [-0.2, 0) is 4.79 Å². The molecule has 0 aliphatic heterocycles. The molecule has 0 heterocycles. The standard InChI is InChI=1S/C12H14BrNO/c13-10-4-6-11(7-5-10)14-12(15)8-9-2-1-3-9/h4-7,9H,1-3,8H2,(H,14,15). The molecule has 1 N–H and O–H groups in total. The Morgan fingerprint density at radius 1 is 1.33 bits per heavy atom. The van der Waals surface area contributed by atoms with Crippen LogP contribution >= 0.6 is 15.9 Å². The highest BCUT2D eigenvalue weighted by molar-refractivity contribution is 9.10. The molecule has 1 aliphatic carbocycles. The Morgan fingerprint density at radius 3 is 2.53 bits per heavy atom. The molecule has 0 radical (unpaired) electrons. The Bertz CT molecular complexity index is 343. The van der Waals surface area contributed by atoms with Gasteiger partial charge in [-0.15, -0.1) is 0 Å². The minimum absolute atomic E-state index is 0.141. The summed E-state index contributed by atoms with van der Waals surface area (Å²) < 4.78 is 1.03. The molecule has 1 aromatic carbocycles. The van der Waals surface area contributed by atoms with Gasteiger partial charge in [-0.2, -0.15) is 0 Å². The minimum Gasteiger partial charge on any atom is -0.326 e. The summed E-state index contributed by atoms with van der Waals surface area (Å²) in [5, 5.41) is 2.91. The lowest BCUT2D eigenvalue weighted by molar-refractivity contribution is -0.117. The van der Waals surface area contributed by atoms with Crippen LogP contribution in [0.3, 0.4) is 0 Å². The lowest BCUT2D eigenvalue weighted by atomic mass is 9.83. The van der Waals surface area contributed by atoms with Crippen LogP contribution in [0.1, 0.15) is 25.7 Å². The largest absolute Gasteiger partial charge is 0.326 e. The third-order valence-electron chi connectivity index (χ3n) is 2.83. The Kier molecular flexibility index (Phi) is 3.41. The highest BCUT2D eigenvalue weighted by Gasteiger charge is 2.20. The van der Waals surface area contributed by atoms with Crippen molar-refractivity contribution in [2.75, 3.05) is 5.32 Å². The summed E-state index contributed by atoms with van der Waals surface area (Å²) in [5.74, 6) is 0.766. The van der Waals surface area contributed by atoms with Crippen molar-refractivity contribution in [3.63, 3.8) is 0 Å². The van der Waals surface area contributed by atoms with E-state index in [0.717, 1.165) is 10.2 Å². The van der Waals surface area contributed by atoms with Crippen LogP contribution in [0.25, 0.3) is 0 Å². The van der Waals surface area contributed by atoms with Gasteiger partial charge in [0.05, 0.1) is 0 Å². The topological polar surface area (TPSA) is 29.1 Å². The van der Waals surface area contributed by atoms with Crippen LogP contribution in [0.4, 0.5) is 5.69 Å². The maximum Gasteiger partial charge on any atom is 0.224 e. The van der Waals surface area contributed by atoms with Crippen LogP contribution < -0.4 is 5.32 Å². The fourth-order valence-corrected chi connectivity index (χ4v) is 1.97. The van der Waals surface area contributed by atoms with Gasteiger partial charge in [0.25, 0.3) is 0 Å². The van der Waals surface area contributed by atoms with Crippen molar-refractivity contribution in [1.29, 1.82) is 0 Å². The molecule has 80 valence electrons. The van der Waals surface area contributed by atoms with E-state index >= 15 is 0 Å². The highest BCUT2D eigenvalue weighted by atomic mass is 79.9. The number of benzene rings is 1. The Hall–Kier alpha value is -0.830. The van der Waals surface area contributed by atoms with Gasteiger partial charge in [0.1, 0.15) is 0 Å². The SMILES string of the molecule is O=C(CC1CCC1)Nc1ccc(Br)cc1. The number of hydrogen-bond donors (Lipinski definition) is 1. The summed E-state index contributed by atoms with van der Waals surface area (Å²) in [4.78, 5) is 11.6. The number of carbonyl (C=O) groups excluding carboxylic acids is 1. The van der Waals surface area contributed by atoms with Gasteiger partial charge in [-0.05, 0) is 43.0 Å². The molecule has 0 saturated heterocycles. The molecule has 1 fully saturated rings. The average Bonchev–Trinajstić information content (AvgIpc) is 2.16. The molecule has 2 nitrogen and oxygen atoms in total. The molecule has 2 rings (SSSR count). The van der Waals surface area contributed by atoms with E-state index in [2.05, 4.69) is 21.2 Å². The summed E-state index contributed by atoms with van der Waals surface area (Å²) >= 11 is 3.36. The van der Waals surface area contributed by atoms with Crippen LogP contribution in [0.2, 0.25) is 0 Å². The molecule has 0 unspecified atom stereocenters. The number of carbonyl (C=O) groups is 1. The monoisotopic (exact) mass is 267 g/mol. The Morgan fingerprint density at radius 2 is 2.00 bits per heavy atom. The van der Waals surface area contributed by atoms with Crippen LogP contribution in [-0.4, -0.2) is 5.91 Å². The van der Waals surface area contributed by atoms with E-state index in [1.807, 2.05) is 24.3 Å². The van der Waals surface area contributed by atoms with E-state index in [1.165, 1.54) is 19.3 Å². The average molecular weight is 268 g/mol. The van der Waals surface area contributed by atoms with Crippen molar-refractivity contribution >= 4 is 27.5 Å². The van der Waals surface area contributed by atoms with Crippen molar-refractivity contribution in [1.82, 2.24) is 0 Å². The van der Waals surface area contributed by atoms with Crippen LogP contribution in [0, 0.1) is 5.92 Å². The molecule has 1 saturated carbocycles. The highest BCUT2D eigenvalue weighted by Crippen LogP contribution is 2.29. The predicted octanol–water partition coefficient (Wildman–Crippen LogP) is 3.58. The van der Waals surface area contributed by atoms with Crippen molar-refractivity contribution in [2.45, 2.75) is 25.7 Å². The number of hydrogen-bond acceptors (Lipinski definition) is 1. The first kappa shape index (κ1) is 10.7. The van der Waals surface area contributed by atoms with Gasteiger partial charge in [0.2, 0.25) is 5.91 Å². The third-order valence-corrected chi connectivity index (χ3v) is 3.36. The predicted molar refractivity (Wildman–Crippen MR) is 64.7 cm³/mol. The van der Waals surface area contributed by atoms with Crippen molar-refractivity contribution in [2.24, 2.45) is 5.92 Å². The Balaban J connectivity index is 1.84. The molecular formula is C12H14BrNO. The van der Waals surface area contributed by atoms with E-state index in [1.54, 1.807) is 0 Å². The molecule has 0 atom stereocenters. The molecule has 0 aromatic heterocycles. The van der Waals surface area contributed by atoms with Gasteiger partial charge in [-0.1, -0.05) is 22.4 Å². The van der Waals surface area contributed by atoms with Crippen molar-refractivity contribution in [3.8, 4) is 0 Å². The number of halogens is 1. The molecule has 3 heteroatoms. The second-order valence-electron chi connectivity index (χ2n) is 4.06. The first-order valence-electron chi connectivity index (χ1n) is 5.29.